The topological polar surface area (TPSA) is 192 Å². The first kappa shape index (κ1) is 36.1. The minimum atomic E-state index is 0. The summed E-state index contributed by atoms with van der Waals surface area (Å²) >= 11 is 0. The van der Waals surface area contributed by atoms with Crippen LogP contribution < -0.4 is 0 Å². The van der Waals surface area contributed by atoms with Crippen molar-refractivity contribution in [2.45, 2.75) is 42.5 Å². The fraction of sp³-hybridized carbons (Fsp3) is 0.611. The minimum Gasteiger partial charge on any atom is -0.256 e. The van der Waals surface area contributed by atoms with Crippen LogP contribution in [0.2, 0.25) is 0 Å². The van der Waals surface area contributed by atoms with Gasteiger partial charge in [-0.25, -0.2) is 9.36 Å². The van der Waals surface area contributed by atoms with Gasteiger partial charge in [0.1, 0.15) is 12.2 Å². The van der Waals surface area contributed by atoms with Gasteiger partial charge in [0.05, 0.1) is 19.4 Å². The molecule has 0 aliphatic carbocycles. The van der Waals surface area contributed by atoms with Gasteiger partial charge in [0.2, 0.25) is 0 Å². The Morgan fingerprint density at radius 3 is 1.28 bits per heavy atom. The first-order chi connectivity index (χ1) is 16.3. The molecule has 0 aliphatic heterocycles. The van der Waals surface area contributed by atoms with Crippen LogP contribution in [0.25, 0.3) is 0 Å². The molecular weight excluding hydrogens is 468 g/mol. The summed E-state index contributed by atoms with van der Waals surface area (Å²) in [6.07, 6.45) is 8.36. The van der Waals surface area contributed by atoms with Crippen LogP contribution in [-0.4, -0.2) is 90.6 Å². The van der Waals surface area contributed by atoms with E-state index in [0.29, 0.717) is 5.82 Å². The molecule has 0 radical (unpaired) electrons. The SMILES string of the molecule is C.C.CC.Cc1nnn(C)n1.Cc1nnnn1C.Cn1ccnn1.Cn1ccnn1.Cn1cnnn1. The predicted octanol–water partition coefficient (Wildman–Crippen LogP) is 0.176. The van der Waals surface area contributed by atoms with Gasteiger partial charge in [0, 0.05) is 40.6 Å². The van der Waals surface area contributed by atoms with Crippen molar-refractivity contribution in [2.24, 2.45) is 35.2 Å². The Bertz CT molecular complexity index is 936. The standard InChI is InChI=1S/2C3H6N4.2C3H5N3.C2H4N4.C2H6.2CH4/c1-3-4-5-6-7(3)2;1-3-4-6-7(2)5-3;2*1-6-3-2-4-5-6;1-6-2-3-4-5-6;1-2;;/h2*1-2H3;2*2-3H,1H3;2H,1H3;1-2H3;2*1H4. The van der Waals surface area contributed by atoms with Crippen molar-refractivity contribution in [1.29, 1.82) is 0 Å². The Balaban J connectivity index is -0.000000367. The number of aryl methyl sites for hydroxylation is 7. The van der Waals surface area contributed by atoms with Crippen LogP contribution in [0.1, 0.15) is 40.3 Å². The van der Waals surface area contributed by atoms with Gasteiger partial charge in [-0.2, -0.15) is 4.80 Å². The molecule has 0 N–H and O–H groups in total. The second-order valence-corrected chi connectivity index (χ2v) is 5.81. The Morgan fingerprint density at radius 2 is 1.17 bits per heavy atom. The predicted molar refractivity (Wildman–Crippen MR) is 133 cm³/mol. The molecule has 0 aliphatic rings. The average molecular weight is 509 g/mol. The van der Waals surface area contributed by atoms with E-state index >= 15 is 0 Å². The zero-order chi connectivity index (χ0) is 25.8. The molecule has 0 saturated heterocycles. The van der Waals surface area contributed by atoms with Crippen LogP contribution in [0.4, 0.5) is 0 Å². The summed E-state index contributed by atoms with van der Waals surface area (Å²) in [5.74, 6) is 1.54. The summed E-state index contributed by atoms with van der Waals surface area (Å²) < 4.78 is 6.42. The highest BCUT2D eigenvalue weighted by Crippen LogP contribution is 1.78. The molecule has 5 aromatic rings. The van der Waals surface area contributed by atoms with E-state index in [1.807, 2.05) is 34.9 Å². The molecule has 18 nitrogen and oxygen atoms in total. The Hall–Kier alpha value is -4.51. The van der Waals surface area contributed by atoms with Gasteiger partial charge < -0.3 is 0 Å². The molecule has 5 heterocycles. The minimum absolute atomic E-state index is 0. The first-order valence-corrected chi connectivity index (χ1v) is 9.95. The van der Waals surface area contributed by atoms with E-state index in [-0.39, 0.29) is 14.9 Å². The molecule has 5 rings (SSSR count). The second kappa shape index (κ2) is 22.3. The Kier molecular flexibility index (Phi) is 22.3. The number of nitrogens with zero attached hydrogens (tertiary/aromatic N) is 18. The molecule has 0 bridgehead atoms. The van der Waals surface area contributed by atoms with Gasteiger partial charge in [-0.15, -0.1) is 30.6 Å². The summed E-state index contributed by atoms with van der Waals surface area (Å²) in [5.41, 5.74) is 0. The van der Waals surface area contributed by atoms with Gasteiger partial charge in [0.25, 0.3) is 0 Å². The number of aromatic nitrogens is 18. The largest absolute Gasteiger partial charge is 0.256 e. The molecule has 18 heteroatoms. The van der Waals surface area contributed by atoms with Crippen molar-refractivity contribution in [1.82, 2.24) is 90.6 Å². The van der Waals surface area contributed by atoms with E-state index in [4.69, 9.17) is 0 Å². The van der Waals surface area contributed by atoms with E-state index in [1.54, 1.807) is 66.9 Å². The summed E-state index contributed by atoms with van der Waals surface area (Å²) in [6.45, 7) is 7.65. The third kappa shape index (κ3) is 19.0. The smallest absolute Gasteiger partial charge is 0.171 e. The Morgan fingerprint density at radius 1 is 0.611 bits per heavy atom. The van der Waals surface area contributed by atoms with Crippen LogP contribution in [-0.2, 0) is 35.2 Å². The molecule has 0 spiro atoms. The molecule has 0 unspecified atom stereocenters. The molecule has 0 atom stereocenters. The van der Waals surface area contributed by atoms with Crippen molar-refractivity contribution in [3.8, 4) is 0 Å². The van der Waals surface area contributed by atoms with E-state index in [9.17, 15) is 0 Å². The lowest BCUT2D eigenvalue weighted by molar-refractivity contribution is 0.629. The molecule has 5 aromatic heterocycles. The quantitative estimate of drug-likeness (QED) is 0.275. The molecule has 0 saturated carbocycles. The fourth-order valence-electron chi connectivity index (χ4n) is 1.39. The molecule has 36 heavy (non-hydrogen) atoms. The molecule has 0 aromatic carbocycles. The lowest BCUT2D eigenvalue weighted by Gasteiger charge is -1.81. The lowest BCUT2D eigenvalue weighted by atomic mass is 10.7. The maximum atomic E-state index is 3.81. The van der Waals surface area contributed by atoms with Crippen molar-refractivity contribution < 1.29 is 0 Å². The van der Waals surface area contributed by atoms with Crippen LogP contribution in [0.5, 0.6) is 0 Å². The van der Waals surface area contributed by atoms with Gasteiger partial charge in [-0.3, -0.25) is 9.36 Å². The summed E-state index contributed by atoms with van der Waals surface area (Å²) in [5, 5.41) is 46.0. The van der Waals surface area contributed by atoms with E-state index in [1.165, 1.54) is 15.8 Å². The molecule has 0 amide bonds. The average Bonchev–Trinajstić information content (AvgIpc) is 3.65. The highest BCUT2D eigenvalue weighted by molar-refractivity contribution is 4.69. The van der Waals surface area contributed by atoms with Gasteiger partial charge in [0.15, 0.2) is 5.82 Å². The Labute approximate surface area is 211 Å². The van der Waals surface area contributed by atoms with Crippen molar-refractivity contribution >= 4 is 0 Å². The summed E-state index contributed by atoms with van der Waals surface area (Å²) in [4.78, 5) is 1.43. The van der Waals surface area contributed by atoms with Crippen LogP contribution in [0.15, 0.2) is 31.1 Å². The number of hydrogen-bond donors (Lipinski definition) is 0. The zero-order valence-corrected chi connectivity index (χ0v) is 20.9. The first-order valence-electron chi connectivity index (χ1n) is 9.95. The maximum Gasteiger partial charge on any atom is 0.171 e. The molecular formula is C18H40N18. The van der Waals surface area contributed by atoms with E-state index in [2.05, 4.69) is 67.1 Å². The van der Waals surface area contributed by atoms with Crippen LogP contribution in [0.3, 0.4) is 0 Å². The van der Waals surface area contributed by atoms with E-state index in [0.717, 1.165) is 5.82 Å². The van der Waals surface area contributed by atoms with Crippen molar-refractivity contribution in [3.63, 3.8) is 0 Å². The van der Waals surface area contributed by atoms with Crippen molar-refractivity contribution in [2.75, 3.05) is 0 Å². The van der Waals surface area contributed by atoms with Gasteiger partial charge in [-0.1, -0.05) is 39.1 Å². The third-order valence-corrected chi connectivity index (χ3v) is 2.98. The fourth-order valence-corrected chi connectivity index (χ4v) is 1.39. The summed E-state index contributed by atoms with van der Waals surface area (Å²) in [7, 11) is 8.95. The second-order valence-electron chi connectivity index (χ2n) is 5.81. The summed E-state index contributed by atoms with van der Waals surface area (Å²) in [6, 6.07) is 0. The molecule has 202 valence electrons. The number of hydrogen-bond acceptors (Lipinski definition) is 13. The lowest BCUT2D eigenvalue weighted by Crippen LogP contribution is -1.92. The van der Waals surface area contributed by atoms with Crippen LogP contribution in [0, 0.1) is 13.8 Å². The van der Waals surface area contributed by atoms with Gasteiger partial charge >= 0.3 is 0 Å². The zero-order valence-electron chi connectivity index (χ0n) is 20.9. The number of tetrazole rings is 3. The van der Waals surface area contributed by atoms with E-state index < -0.39 is 0 Å². The monoisotopic (exact) mass is 508 g/mol. The molecule has 0 fully saturated rings. The maximum absolute atomic E-state index is 3.81. The van der Waals surface area contributed by atoms with Crippen LogP contribution >= 0.6 is 0 Å². The number of rotatable bonds is 0. The highest BCUT2D eigenvalue weighted by Gasteiger charge is 1.87. The highest BCUT2D eigenvalue weighted by atomic mass is 15.6. The third-order valence-electron chi connectivity index (χ3n) is 2.98. The van der Waals surface area contributed by atoms with Crippen molar-refractivity contribution in [3.05, 3.63) is 42.8 Å². The normalized spacial score (nSPS) is 8.25. The van der Waals surface area contributed by atoms with Gasteiger partial charge in [-0.05, 0) is 39.9 Å².